The number of carbonyl (C=O) groups excluding carboxylic acids is 1. The van der Waals surface area contributed by atoms with E-state index in [4.69, 9.17) is 23.2 Å². The van der Waals surface area contributed by atoms with Gasteiger partial charge in [0.05, 0.1) is 5.69 Å². The van der Waals surface area contributed by atoms with Crippen LogP contribution in [0.3, 0.4) is 0 Å². The number of azo groups is 1. The Hall–Kier alpha value is -3.15. The molecule has 7 heteroatoms. The number of aliphatic hydroxyl groups is 1. The van der Waals surface area contributed by atoms with E-state index >= 15 is 0 Å². The quantitative estimate of drug-likeness (QED) is 0.280. The molecule has 3 aromatic carbocycles. The normalized spacial score (nSPS) is 11.9. The third-order valence-electron chi connectivity index (χ3n) is 3.68. The van der Waals surface area contributed by atoms with Gasteiger partial charge in [-0.2, -0.15) is 5.11 Å². The van der Waals surface area contributed by atoms with Gasteiger partial charge in [0.25, 0.3) is 5.91 Å². The molecule has 0 fully saturated rings. The van der Waals surface area contributed by atoms with Gasteiger partial charge in [-0.3, -0.25) is 4.79 Å². The Bertz CT molecular complexity index is 1020. The Kier molecular flexibility index (Phi) is 6.42. The highest BCUT2D eigenvalue weighted by Gasteiger charge is 2.17. The third kappa shape index (κ3) is 5.19. The Balaban J connectivity index is 1.95. The molecule has 0 atom stereocenters. The summed E-state index contributed by atoms with van der Waals surface area (Å²) in [5.74, 6) is -0.897. The molecule has 0 radical (unpaired) electrons. The molecule has 0 saturated carbocycles. The Morgan fingerprint density at radius 1 is 0.821 bits per heavy atom. The molecule has 5 nitrogen and oxygen atoms in total. The second-order valence-corrected chi connectivity index (χ2v) is 6.57. The zero-order valence-corrected chi connectivity index (χ0v) is 16.0. The summed E-state index contributed by atoms with van der Waals surface area (Å²) in [6, 6.07) is 21.8. The molecule has 0 aliphatic rings. The number of nitrogens with zero attached hydrogens (tertiary/aromatic N) is 2. The summed E-state index contributed by atoms with van der Waals surface area (Å²) in [7, 11) is 0. The van der Waals surface area contributed by atoms with Crippen LogP contribution in [0, 0.1) is 0 Å². The Morgan fingerprint density at radius 3 is 2.00 bits per heavy atom. The van der Waals surface area contributed by atoms with Crippen molar-refractivity contribution in [3.05, 3.63) is 100 Å². The fourth-order valence-corrected chi connectivity index (χ4v) is 2.52. The van der Waals surface area contributed by atoms with Gasteiger partial charge < -0.3 is 10.4 Å². The molecule has 0 bridgehead atoms. The van der Waals surface area contributed by atoms with E-state index in [0.29, 0.717) is 27.0 Å². The lowest BCUT2D eigenvalue weighted by Gasteiger charge is -2.08. The van der Waals surface area contributed by atoms with Gasteiger partial charge in [0.1, 0.15) is 0 Å². The average Bonchev–Trinajstić information content (AvgIpc) is 2.72. The number of halogens is 2. The minimum absolute atomic E-state index is 0.226. The summed E-state index contributed by atoms with van der Waals surface area (Å²) >= 11 is 11.7. The predicted molar refractivity (Wildman–Crippen MR) is 112 cm³/mol. The van der Waals surface area contributed by atoms with Crippen LogP contribution >= 0.6 is 23.2 Å². The van der Waals surface area contributed by atoms with Crippen molar-refractivity contribution < 1.29 is 9.90 Å². The Labute approximate surface area is 172 Å². The van der Waals surface area contributed by atoms with Gasteiger partial charge in [0, 0.05) is 21.3 Å². The first-order valence-electron chi connectivity index (χ1n) is 8.26. The summed E-state index contributed by atoms with van der Waals surface area (Å²) in [6.45, 7) is 0. The van der Waals surface area contributed by atoms with E-state index in [0.717, 1.165) is 0 Å². The van der Waals surface area contributed by atoms with Crippen LogP contribution in [-0.4, -0.2) is 11.0 Å². The fourth-order valence-electron chi connectivity index (χ4n) is 2.27. The molecule has 0 unspecified atom stereocenters. The summed E-state index contributed by atoms with van der Waals surface area (Å²) in [6.07, 6.45) is 0. The maximum Gasteiger partial charge on any atom is 0.280 e. The van der Waals surface area contributed by atoms with Crippen LogP contribution in [0.5, 0.6) is 0 Å². The first-order chi connectivity index (χ1) is 13.5. The van der Waals surface area contributed by atoms with Gasteiger partial charge in [-0.05, 0) is 48.5 Å². The zero-order chi connectivity index (χ0) is 19.9. The molecule has 140 valence electrons. The van der Waals surface area contributed by atoms with Gasteiger partial charge in [0.2, 0.25) is 0 Å². The van der Waals surface area contributed by atoms with Crippen LogP contribution in [0.1, 0.15) is 5.56 Å². The van der Waals surface area contributed by atoms with E-state index in [1.807, 2.05) is 0 Å². The van der Waals surface area contributed by atoms with Gasteiger partial charge in [-0.1, -0.05) is 53.5 Å². The molecule has 0 aromatic heterocycles. The smallest absolute Gasteiger partial charge is 0.280 e. The molecule has 0 spiro atoms. The van der Waals surface area contributed by atoms with Crippen LogP contribution in [0.2, 0.25) is 10.0 Å². The summed E-state index contributed by atoms with van der Waals surface area (Å²) in [5.41, 5.74) is 1.21. The van der Waals surface area contributed by atoms with Gasteiger partial charge >= 0.3 is 0 Å². The average molecular weight is 412 g/mol. The van der Waals surface area contributed by atoms with Crippen LogP contribution in [0.15, 0.2) is 94.8 Å². The van der Waals surface area contributed by atoms with Crippen LogP contribution in [-0.2, 0) is 4.79 Å². The van der Waals surface area contributed by atoms with E-state index < -0.39 is 5.91 Å². The van der Waals surface area contributed by atoms with E-state index in [9.17, 15) is 9.90 Å². The number of rotatable bonds is 5. The number of anilines is 1. The molecule has 3 rings (SSSR count). The van der Waals surface area contributed by atoms with Gasteiger partial charge in [0.15, 0.2) is 11.5 Å². The summed E-state index contributed by atoms with van der Waals surface area (Å²) < 4.78 is 0. The number of hydrogen-bond acceptors (Lipinski definition) is 4. The van der Waals surface area contributed by atoms with E-state index in [2.05, 4.69) is 15.5 Å². The molecule has 0 heterocycles. The first kappa shape index (κ1) is 19.6. The number of hydrogen-bond donors (Lipinski definition) is 2. The van der Waals surface area contributed by atoms with Crippen LogP contribution in [0.4, 0.5) is 11.4 Å². The van der Waals surface area contributed by atoms with Gasteiger partial charge in [-0.25, -0.2) is 0 Å². The molecular weight excluding hydrogens is 397 g/mol. The summed E-state index contributed by atoms with van der Waals surface area (Å²) in [4.78, 5) is 12.8. The fraction of sp³-hybridized carbons (Fsp3) is 0. The van der Waals surface area contributed by atoms with Crippen molar-refractivity contribution in [2.75, 3.05) is 5.32 Å². The highest BCUT2D eigenvalue weighted by Crippen LogP contribution is 2.23. The molecule has 1 amide bonds. The second-order valence-electron chi connectivity index (χ2n) is 5.70. The number of carbonyl (C=O) groups is 1. The highest BCUT2D eigenvalue weighted by atomic mass is 35.5. The van der Waals surface area contributed by atoms with Crippen molar-refractivity contribution in [1.29, 1.82) is 0 Å². The minimum atomic E-state index is -0.610. The monoisotopic (exact) mass is 411 g/mol. The largest absolute Gasteiger partial charge is 0.505 e. The standard InChI is InChI=1S/C21H15Cl2N3O2/c22-15-6-10-17(11-7-15)24-21(28)19(20(27)14-4-2-1-3-5-14)26-25-18-12-8-16(23)9-13-18/h1-13,27H,(H,24,28)/b20-19+,26-25?. The first-order valence-corrected chi connectivity index (χ1v) is 9.01. The molecular formula is C21H15Cl2N3O2. The predicted octanol–water partition coefficient (Wildman–Crippen LogP) is 6.64. The van der Waals surface area contributed by atoms with Crippen molar-refractivity contribution in [1.82, 2.24) is 0 Å². The molecule has 0 saturated heterocycles. The molecule has 0 aliphatic heterocycles. The number of nitrogens with one attached hydrogen (secondary N) is 1. The van der Waals surface area contributed by atoms with Crippen LogP contribution < -0.4 is 5.32 Å². The Morgan fingerprint density at radius 2 is 1.39 bits per heavy atom. The summed E-state index contributed by atoms with van der Waals surface area (Å²) in [5, 5.41) is 22.4. The van der Waals surface area contributed by atoms with Crippen LogP contribution in [0.25, 0.3) is 5.76 Å². The minimum Gasteiger partial charge on any atom is -0.505 e. The topological polar surface area (TPSA) is 74.0 Å². The molecule has 0 aliphatic carbocycles. The van der Waals surface area contributed by atoms with Crippen molar-refractivity contribution in [2.45, 2.75) is 0 Å². The molecule has 2 N–H and O–H groups in total. The highest BCUT2D eigenvalue weighted by molar-refractivity contribution is 6.30. The van der Waals surface area contributed by atoms with Crippen molar-refractivity contribution in [3.63, 3.8) is 0 Å². The number of amides is 1. The maximum atomic E-state index is 12.8. The number of aliphatic hydroxyl groups excluding tert-OH is 1. The second kappa shape index (κ2) is 9.17. The van der Waals surface area contributed by atoms with Crippen molar-refractivity contribution >= 4 is 46.2 Å². The lowest BCUT2D eigenvalue weighted by molar-refractivity contribution is -0.112. The molecule has 3 aromatic rings. The van der Waals surface area contributed by atoms with E-state index in [-0.39, 0.29) is 11.5 Å². The maximum absolute atomic E-state index is 12.8. The molecule has 28 heavy (non-hydrogen) atoms. The lowest BCUT2D eigenvalue weighted by atomic mass is 10.1. The van der Waals surface area contributed by atoms with E-state index in [1.54, 1.807) is 78.9 Å². The van der Waals surface area contributed by atoms with Gasteiger partial charge in [-0.15, -0.1) is 5.11 Å². The van der Waals surface area contributed by atoms with E-state index in [1.165, 1.54) is 0 Å². The van der Waals surface area contributed by atoms with Crippen molar-refractivity contribution in [3.8, 4) is 0 Å². The number of benzene rings is 3. The third-order valence-corrected chi connectivity index (χ3v) is 4.18. The lowest BCUT2D eigenvalue weighted by Crippen LogP contribution is -2.14. The zero-order valence-electron chi connectivity index (χ0n) is 14.5. The SMILES string of the molecule is O=C(Nc1ccc(Cl)cc1)/C(N=Nc1ccc(Cl)cc1)=C(\O)c1ccccc1. The van der Waals surface area contributed by atoms with Crippen molar-refractivity contribution in [2.24, 2.45) is 10.2 Å².